The molecule has 1 rings (SSSR count). The third kappa shape index (κ3) is 4.40. The normalized spacial score (nSPS) is 13.8. The van der Waals surface area contributed by atoms with Crippen LogP contribution in [0.2, 0.25) is 0 Å². The standard InChI is InChI=1S/C13H19F2NO/c1-9(16-7-13(2,3)8-17)10-4-11(14)6-12(15)5-10/h4-6,9,16-17H,7-8H2,1-3H3. The Morgan fingerprint density at radius 1 is 1.24 bits per heavy atom. The minimum Gasteiger partial charge on any atom is -0.396 e. The Kier molecular flexibility index (Phi) is 4.60. The molecular weight excluding hydrogens is 224 g/mol. The molecule has 1 atom stereocenters. The van der Waals surface area contributed by atoms with E-state index in [1.165, 1.54) is 12.1 Å². The molecular formula is C13H19F2NO. The van der Waals surface area contributed by atoms with Gasteiger partial charge in [0.25, 0.3) is 0 Å². The first-order valence-corrected chi connectivity index (χ1v) is 5.64. The number of aliphatic hydroxyl groups is 1. The molecule has 2 N–H and O–H groups in total. The number of nitrogens with one attached hydrogen (secondary N) is 1. The Balaban J connectivity index is 2.67. The van der Waals surface area contributed by atoms with Gasteiger partial charge in [-0.25, -0.2) is 8.78 Å². The van der Waals surface area contributed by atoms with Crippen LogP contribution in [-0.4, -0.2) is 18.3 Å². The Morgan fingerprint density at radius 2 is 1.76 bits per heavy atom. The molecule has 96 valence electrons. The van der Waals surface area contributed by atoms with Gasteiger partial charge < -0.3 is 10.4 Å². The molecule has 0 amide bonds. The van der Waals surface area contributed by atoms with Gasteiger partial charge in [-0.3, -0.25) is 0 Å². The maximum Gasteiger partial charge on any atom is 0.126 e. The molecule has 0 fully saturated rings. The van der Waals surface area contributed by atoms with E-state index in [1.807, 2.05) is 20.8 Å². The van der Waals surface area contributed by atoms with Gasteiger partial charge in [0.2, 0.25) is 0 Å². The summed E-state index contributed by atoms with van der Waals surface area (Å²) in [6.45, 7) is 6.30. The first kappa shape index (κ1) is 14.1. The maximum atomic E-state index is 13.0. The van der Waals surface area contributed by atoms with E-state index in [2.05, 4.69) is 5.32 Å². The van der Waals surface area contributed by atoms with Gasteiger partial charge in [0, 0.05) is 30.7 Å². The number of rotatable bonds is 5. The molecule has 0 aromatic heterocycles. The van der Waals surface area contributed by atoms with E-state index in [0.29, 0.717) is 12.1 Å². The van der Waals surface area contributed by atoms with E-state index in [0.717, 1.165) is 6.07 Å². The van der Waals surface area contributed by atoms with Crippen LogP contribution in [-0.2, 0) is 0 Å². The van der Waals surface area contributed by atoms with Gasteiger partial charge in [0.05, 0.1) is 0 Å². The predicted octanol–water partition coefficient (Wildman–Crippen LogP) is 2.63. The van der Waals surface area contributed by atoms with Crippen LogP contribution in [0.15, 0.2) is 18.2 Å². The fourth-order valence-electron chi connectivity index (χ4n) is 1.43. The first-order chi connectivity index (χ1) is 7.84. The lowest BCUT2D eigenvalue weighted by molar-refractivity contribution is 0.154. The van der Waals surface area contributed by atoms with Crippen molar-refractivity contribution in [2.75, 3.05) is 13.2 Å². The number of benzene rings is 1. The Morgan fingerprint density at radius 3 is 2.24 bits per heavy atom. The van der Waals surface area contributed by atoms with Crippen LogP contribution < -0.4 is 5.32 Å². The Bertz CT molecular complexity index is 359. The molecule has 0 saturated heterocycles. The lowest BCUT2D eigenvalue weighted by atomic mass is 9.94. The molecule has 17 heavy (non-hydrogen) atoms. The molecule has 1 aromatic rings. The van der Waals surface area contributed by atoms with Crippen LogP contribution in [0.3, 0.4) is 0 Å². The monoisotopic (exact) mass is 243 g/mol. The number of halogens is 2. The largest absolute Gasteiger partial charge is 0.396 e. The number of hydrogen-bond acceptors (Lipinski definition) is 2. The topological polar surface area (TPSA) is 32.3 Å². The molecule has 0 radical (unpaired) electrons. The molecule has 0 saturated carbocycles. The molecule has 0 heterocycles. The highest BCUT2D eigenvalue weighted by Gasteiger charge is 2.18. The first-order valence-electron chi connectivity index (χ1n) is 5.64. The van der Waals surface area contributed by atoms with Crippen molar-refractivity contribution >= 4 is 0 Å². The zero-order valence-corrected chi connectivity index (χ0v) is 10.4. The number of hydrogen-bond donors (Lipinski definition) is 2. The van der Waals surface area contributed by atoms with Crippen LogP contribution in [0.25, 0.3) is 0 Å². The van der Waals surface area contributed by atoms with Crippen LogP contribution in [0, 0.1) is 17.0 Å². The van der Waals surface area contributed by atoms with E-state index in [4.69, 9.17) is 5.11 Å². The summed E-state index contributed by atoms with van der Waals surface area (Å²) in [7, 11) is 0. The summed E-state index contributed by atoms with van der Waals surface area (Å²) in [6.07, 6.45) is 0. The molecule has 0 bridgehead atoms. The summed E-state index contributed by atoms with van der Waals surface area (Å²) >= 11 is 0. The Labute approximate surface area is 101 Å². The zero-order chi connectivity index (χ0) is 13.1. The van der Waals surface area contributed by atoms with E-state index >= 15 is 0 Å². The van der Waals surface area contributed by atoms with Crippen molar-refractivity contribution in [3.05, 3.63) is 35.4 Å². The van der Waals surface area contributed by atoms with Gasteiger partial charge in [0.15, 0.2) is 0 Å². The summed E-state index contributed by atoms with van der Waals surface area (Å²) < 4.78 is 26.0. The lowest BCUT2D eigenvalue weighted by Gasteiger charge is -2.25. The second-order valence-electron chi connectivity index (χ2n) is 5.13. The zero-order valence-electron chi connectivity index (χ0n) is 10.4. The third-order valence-corrected chi connectivity index (χ3v) is 2.70. The molecule has 2 nitrogen and oxygen atoms in total. The fraction of sp³-hybridized carbons (Fsp3) is 0.538. The highest BCUT2D eigenvalue weighted by atomic mass is 19.1. The highest BCUT2D eigenvalue weighted by Crippen LogP contribution is 2.18. The maximum absolute atomic E-state index is 13.0. The van der Waals surface area contributed by atoms with Crippen LogP contribution in [0.1, 0.15) is 32.4 Å². The van der Waals surface area contributed by atoms with Gasteiger partial charge in [-0.15, -0.1) is 0 Å². The van der Waals surface area contributed by atoms with Gasteiger partial charge in [0.1, 0.15) is 11.6 Å². The van der Waals surface area contributed by atoms with Crippen LogP contribution in [0.5, 0.6) is 0 Å². The van der Waals surface area contributed by atoms with E-state index in [9.17, 15) is 8.78 Å². The minimum atomic E-state index is -0.574. The molecule has 0 aliphatic carbocycles. The van der Waals surface area contributed by atoms with Crippen molar-refractivity contribution < 1.29 is 13.9 Å². The molecule has 0 spiro atoms. The molecule has 4 heteroatoms. The second-order valence-corrected chi connectivity index (χ2v) is 5.13. The van der Waals surface area contributed by atoms with Crippen molar-refractivity contribution in [2.45, 2.75) is 26.8 Å². The molecule has 0 aliphatic rings. The van der Waals surface area contributed by atoms with Gasteiger partial charge in [-0.05, 0) is 24.6 Å². The van der Waals surface area contributed by atoms with Crippen molar-refractivity contribution in [2.24, 2.45) is 5.41 Å². The van der Waals surface area contributed by atoms with Crippen molar-refractivity contribution in [3.8, 4) is 0 Å². The average molecular weight is 243 g/mol. The highest BCUT2D eigenvalue weighted by molar-refractivity contribution is 5.20. The van der Waals surface area contributed by atoms with E-state index in [1.54, 1.807) is 0 Å². The smallest absolute Gasteiger partial charge is 0.126 e. The summed E-state index contributed by atoms with van der Waals surface area (Å²) in [5, 5.41) is 12.3. The van der Waals surface area contributed by atoms with Crippen molar-refractivity contribution in [1.29, 1.82) is 0 Å². The Hall–Kier alpha value is -1.00. The van der Waals surface area contributed by atoms with Crippen LogP contribution in [0.4, 0.5) is 8.78 Å². The summed E-state index contributed by atoms with van der Waals surface area (Å²) in [4.78, 5) is 0. The fourth-order valence-corrected chi connectivity index (χ4v) is 1.43. The lowest BCUT2D eigenvalue weighted by Crippen LogP contribution is -2.33. The summed E-state index contributed by atoms with van der Waals surface area (Å²) in [5.41, 5.74) is 0.316. The third-order valence-electron chi connectivity index (χ3n) is 2.70. The van der Waals surface area contributed by atoms with Crippen molar-refractivity contribution in [1.82, 2.24) is 5.32 Å². The molecule has 1 unspecified atom stereocenters. The molecule has 1 aromatic carbocycles. The van der Waals surface area contributed by atoms with Gasteiger partial charge >= 0.3 is 0 Å². The van der Waals surface area contributed by atoms with Gasteiger partial charge in [-0.2, -0.15) is 0 Å². The average Bonchev–Trinajstić information content (AvgIpc) is 2.24. The van der Waals surface area contributed by atoms with Crippen molar-refractivity contribution in [3.63, 3.8) is 0 Å². The van der Waals surface area contributed by atoms with Crippen LogP contribution >= 0.6 is 0 Å². The van der Waals surface area contributed by atoms with Gasteiger partial charge in [-0.1, -0.05) is 13.8 Å². The summed E-state index contributed by atoms with van der Waals surface area (Å²) in [6, 6.07) is 3.32. The number of aliphatic hydroxyl groups excluding tert-OH is 1. The second kappa shape index (κ2) is 5.56. The predicted molar refractivity (Wildman–Crippen MR) is 63.6 cm³/mol. The SMILES string of the molecule is CC(NCC(C)(C)CO)c1cc(F)cc(F)c1. The van der Waals surface area contributed by atoms with E-state index in [-0.39, 0.29) is 18.1 Å². The summed E-state index contributed by atoms with van der Waals surface area (Å²) in [5.74, 6) is -1.15. The quantitative estimate of drug-likeness (QED) is 0.833. The van der Waals surface area contributed by atoms with E-state index < -0.39 is 11.6 Å². The molecule has 0 aliphatic heterocycles. The minimum absolute atomic E-state index is 0.0598.